The van der Waals surface area contributed by atoms with Crippen molar-refractivity contribution < 1.29 is 48.3 Å². The molecule has 4 aromatic carbocycles. The van der Waals surface area contributed by atoms with E-state index in [4.69, 9.17) is 38.4 Å². The number of carbonyl (C=O) groups excluding carboxylic acids is 1. The number of ether oxygens (including phenoxy) is 6. The lowest BCUT2D eigenvalue weighted by molar-refractivity contribution is -0.252. The quantitative estimate of drug-likeness (QED) is 0.0601. The van der Waals surface area contributed by atoms with Crippen molar-refractivity contribution >= 4 is 22.4 Å². The van der Waals surface area contributed by atoms with Crippen LogP contribution < -0.4 is 18.9 Å². The molecular weight excluding hydrogens is 801 g/mol. The van der Waals surface area contributed by atoms with Crippen LogP contribution in [0.25, 0.3) is 10.8 Å². The summed E-state index contributed by atoms with van der Waals surface area (Å²) in [4.78, 5) is 22.8. The van der Waals surface area contributed by atoms with Gasteiger partial charge in [0.05, 0.1) is 24.8 Å². The van der Waals surface area contributed by atoms with Crippen molar-refractivity contribution in [2.75, 3.05) is 40.3 Å². The molecule has 12 nitrogen and oxygen atoms in total. The minimum Gasteiger partial charge on any atom is -0.459 e. The Labute approximate surface area is 369 Å². The van der Waals surface area contributed by atoms with Gasteiger partial charge in [0.25, 0.3) is 5.91 Å². The van der Waals surface area contributed by atoms with Crippen molar-refractivity contribution in [2.45, 2.75) is 88.2 Å². The fraction of sp³-hybridized carbons (Fsp3) is 0.451. The monoisotopic (exact) mass is 858 g/mol. The van der Waals surface area contributed by atoms with E-state index >= 15 is 0 Å². The van der Waals surface area contributed by atoms with Gasteiger partial charge < -0.3 is 48.4 Å². The van der Waals surface area contributed by atoms with E-state index in [0.717, 1.165) is 72.6 Å². The standard InChI is InChI=1S/C51H58N2O10/c1-3-25-60-51-46(53(2)50(56)36-18-21-44-45(29-36)59-32-58-44)31-42(52-63-47-16-8-11-26-57-47)40-28-35(14-6-9-23-54)39(15-7-10-24-55)48(49(40)51)41-30-38(20-22-43(41)62-51)61-37-19-17-33-12-4-5-13-34(33)27-37/h3-5,12-13,17-22,27-30,35,39,46-49,54-55H,1,6-11,14-16,23-26,31-32H2,2H3. The van der Waals surface area contributed by atoms with E-state index < -0.39 is 24.0 Å². The van der Waals surface area contributed by atoms with E-state index in [1.54, 1.807) is 36.2 Å². The number of amides is 1. The summed E-state index contributed by atoms with van der Waals surface area (Å²) in [6, 6.07) is 24.8. The average Bonchev–Trinajstić information content (AvgIpc) is 3.79. The normalized spacial score (nSPS) is 26.3. The lowest BCUT2D eigenvalue weighted by atomic mass is 9.55. The van der Waals surface area contributed by atoms with E-state index in [1.165, 1.54) is 0 Å². The van der Waals surface area contributed by atoms with Gasteiger partial charge in [-0.1, -0.05) is 60.5 Å². The molecule has 5 aliphatic rings. The van der Waals surface area contributed by atoms with Crippen LogP contribution in [-0.4, -0.2) is 85.1 Å². The first-order valence-corrected chi connectivity index (χ1v) is 22.6. The maximum Gasteiger partial charge on any atom is 0.254 e. The second-order valence-corrected chi connectivity index (χ2v) is 17.3. The second kappa shape index (κ2) is 19.1. The minimum atomic E-state index is -1.40. The zero-order valence-corrected chi connectivity index (χ0v) is 36.0. The summed E-state index contributed by atoms with van der Waals surface area (Å²) < 4.78 is 38.4. The maximum atomic E-state index is 14.8. The van der Waals surface area contributed by atoms with Gasteiger partial charge in [0, 0.05) is 50.1 Å². The Morgan fingerprint density at radius 1 is 0.905 bits per heavy atom. The molecule has 2 aliphatic carbocycles. The number of unbranched alkanes of at least 4 members (excludes halogenated alkanes) is 2. The molecule has 1 saturated carbocycles. The summed E-state index contributed by atoms with van der Waals surface area (Å²) >= 11 is 0. The number of hydrogen-bond acceptors (Lipinski definition) is 11. The number of oxime groups is 1. The molecule has 0 spiro atoms. The van der Waals surface area contributed by atoms with Gasteiger partial charge in [0.15, 0.2) is 11.5 Å². The number of rotatable bonds is 17. The van der Waals surface area contributed by atoms with Gasteiger partial charge in [-0.3, -0.25) is 4.79 Å². The molecule has 1 amide bonds. The molecule has 7 unspecified atom stereocenters. The van der Waals surface area contributed by atoms with E-state index in [-0.39, 0.29) is 56.7 Å². The Morgan fingerprint density at radius 2 is 1.68 bits per heavy atom. The molecule has 0 radical (unpaired) electrons. The van der Waals surface area contributed by atoms with Crippen LogP contribution in [0.1, 0.15) is 86.0 Å². The predicted molar refractivity (Wildman–Crippen MR) is 238 cm³/mol. The lowest BCUT2D eigenvalue weighted by Gasteiger charge is -2.59. The van der Waals surface area contributed by atoms with Crippen molar-refractivity contribution in [3.63, 3.8) is 0 Å². The minimum absolute atomic E-state index is 0.0618. The molecule has 63 heavy (non-hydrogen) atoms. The first-order valence-electron chi connectivity index (χ1n) is 22.6. The van der Waals surface area contributed by atoms with E-state index in [0.29, 0.717) is 53.7 Å². The molecular formula is C51H58N2O10. The Kier molecular flexibility index (Phi) is 13.0. The van der Waals surface area contributed by atoms with E-state index in [9.17, 15) is 15.0 Å². The van der Waals surface area contributed by atoms with E-state index in [1.807, 2.05) is 36.4 Å². The summed E-state index contributed by atoms with van der Waals surface area (Å²) in [5.41, 5.74) is 3.08. The summed E-state index contributed by atoms with van der Waals surface area (Å²) in [6.07, 6.45) is 11.2. The highest BCUT2D eigenvalue weighted by molar-refractivity contribution is 6.03. The number of benzene rings is 4. The van der Waals surface area contributed by atoms with Crippen LogP contribution in [0.2, 0.25) is 0 Å². The molecule has 0 bridgehead atoms. The van der Waals surface area contributed by atoms with E-state index in [2.05, 4.69) is 36.9 Å². The Bertz CT molecular complexity index is 2340. The van der Waals surface area contributed by atoms with Crippen molar-refractivity contribution in [1.82, 2.24) is 4.90 Å². The zero-order valence-electron chi connectivity index (χ0n) is 36.0. The lowest BCUT2D eigenvalue weighted by Crippen LogP contribution is -2.69. The summed E-state index contributed by atoms with van der Waals surface area (Å²) in [5.74, 6) is 0.974. The summed E-state index contributed by atoms with van der Waals surface area (Å²) in [5, 5.41) is 27.1. The molecule has 332 valence electrons. The fourth-order valence-corrected chi connectivity index (χ4v) is 10.4. The van der Waals surface area contributed by atoms with Gasteiger partial charge in [0.1, 0.15) is 23.3 Å². The van der Waals surface area contributed by atoms with Crippen molar-refractivity contribution in [3.8, 4) is 28.7 Å². The van der Waals surface area contributed by atoms with Crippen LogP contribution >= 0.6 is 0 Å². The number of allylic oxidation sites excluding steroid dienone is 1. The van der Waals surface area contributed by atoms with Gasteiger partial charge in [-0.05, 0) is 115 Å². The smallest absolute Gasteiger partial charge is 0.254 e. The van der Waals surface area contributed by atoms with Crippen LogP contribution in [0, 0.1) is 17.8 Å². The Morgan fingerprint density at radius 3 is 2.49 bits per heavy atom. The summed E-state index contributed by atoms with van der Waals surface area (Å²) in [7, 11) is 1.79. The number of fused-ring (bicyclic) bond motifs is 4. The number of hydrogen-bond donors (Lipinski definition) is 2. The van der Waals surface area contributed by atoms with Crippen LogP contribution in [0.4, 0.5) is 0 Å². The molecule has 2 N–H and O–H groups in total. The number of carbonyl (C=O) groups is 1. The maximum absolute atomic E-state index is 14.8. The molecule has 7 atom stereocenters. The first-order chi connectivity index (χ1) is 30.9. The SMILES string of the molecule is C=CCOC12Oc3ccc(Oc4ccc5ccccc5c4)cc3C3C(CCCCO)C(CCCCO)C=C(C(=NOC4CCCCO4)CC1N(C)C(=O)c1ccc4c(c1)OCO4)C32. The van der Waals surface area contributed by atoms with Gasteiger partial charge in [-0.2, -0.15) is 0 Å². The number of nitrogens with zero attached hydrogens (tertiary/aromatic N) is 2. The number of aliphatic hydroxyl groups is 2. The van der Waals surface area contributed by atoms with Crippen LogP contribution in [0.5, 0.6) is 28.7 Å². The topological polar surface area (TPSA) is 138 Å². The van der Waals surface area contributed by atoms with Gasteiger partial charge in [-0.15, -0.1) is 6.58 Å². The third-order valence-corrected chi connectivity index (χ3v) is 13.4. The van der Waals surface area contributed by atoms with Crippen molar-refractivity contribution in [3.05, 3.63) is 114 Å². The highest BCUT2D eigenvalue weighted by atomic mass is 16.8. The van der Waals surface area contributed by atoms with Crippen molar-refractivity contribution in [2.24, 2.45) is 22.9 Å². The Hall–Kier alpha value is -5.40. The molecule has 0 aromatic heterocycles. The second-order valence-electron chi connectivity index (χ2n) is 17.3. The molecule has 4 aromatic rings. The number of likely N-dealkylation sites (N-methyl/N-ethyl adjacent to an activating group) is 1. The molecule has 9 rings (SSSR count). The molecule has 3 heterocycles. The first kappa shape index (κ1) is 42.9. The van der Waals surface area contributed by atoms with Crippen LogP contribution in [0.15, 0.2) is 108 Å². The fourth-order valence-electron chi connectivity index (χ4n) is 10.4. The van der Waals surface area contributed by atoms with Crippen LogP contribution in [0.3, 0.4) is 0 Å². The molecule has 3 aliphatic heterocycles. The van der Waals surface area contributed by atoms with Gasteiger partial charge >= 0.3 is 0 Å². The average molecular weight is 859 g/mol. The van der Waals surface area contributed by atoms with Gasteiger partial charge in [0.2, 0.25) is 18.9 Å². The largest absolute Gasteiger partial charge is 0.459 e. The molecule has 2 fully saturated rings. The molecule has 1 saturated heterocycles. The highest BCUT2D eigenvalue weighted by Gasteiger charge is 2.65. The third-order valence-electron chi connectivity index (χ3n) is 13.4. The molecule has 12 heteroatoms. The van der Waals surface area contributed by atoms with Crippen molar-refractivity contribution in [1.29, 1.82) is 0 Å². The summed E-state index contributed by atoms with van der Waals surface area (Å²) in [6.45, 7) is 5.11. The Balaban J connectivity index is 1.20. The predicted octanol–water partition coefficient (Wildman–Crippen LogP) is 9.29. The zero-order chi connectivity index (χ0) is 43.3. The third kappa shape index (κ3) is 8.66. The van der Waals surface area contributed by atoms with Crippen LogP contribution in [-0.2, 0) is 14.3 Å². The highest BCUT2D eigenvalue weighted by Crippen LogP contribution is 2.62. The number of aliphatic hydroxyl groups excluding tert-OH is 2. The van der Waals surface area contributed by atoms with Gasteiger partial charge in [-0.25, -0.2) is 0 Å².